The maximum atomic E-state index is 11.7. The maximum absolute atomic E-state index is 11.7. The third-order valence-electron chi connectivity index (χ3n) is 2.31. The lowest BCUT2D eigenvalue weighted by atomic mass is 10.2. The summed E-state index contributed by atoms with van der Waals surface area (Å²) in [5.74, 6) is -4.98. The first kappa shape index (κ1) is 19.7. The number of thiol groups is 1. The van der Waals surface area contributed by atoms with Gasteiger partial charge in [-0.25, -0.2) is 4.79 Å². The van der Waals surface area contributed by atoms with Gasteiger partial charge in [-0.1, -0.05) is 0 Å². The van der Waals surface area contributed by atoms with Gasteiger partial charge in [-0.3, -0.25) is 19.2 Å². The molecule has 0 aromatic heterocycles. The average Bonchev–Trinajstić information content (AvgIpc) is 2.39. The number of carboxylic acids is 2. The summed E-state index contributed by atoms with van der Waals surface area (Å²) in [7, 11) is 0. The van der Waals surface area contributed by atoms with Gasteiger partial charge < -0.3 is 26.2 Å². The van der Waals surface area contributed by atoms with Crippen LogP contribution in [0.1, 0.15) is 13.3 Å². The zero-order chi connectivity index (χ0) is 17.3. The molecule has 0 saturated heterocycles. The lowest BCUT2D eigenvalue weighted by Crippen LogP contribution is -2.51. The molecule has 11 heteroatoms. The standard InChI is InChI=1S/C11H17N3O7S/c1-5(15)13-6(2-9(17)18)10(19)12-3-8(16)14-7(4-22)11(20)21/h6-7,22H,2-4H2,1H3,(H,12,19)(H,13,15)(H,14,16)(H,17,18)(H,20,21)/t6-,7-/m0/s1. The second-order valence-electron chi connectivity index (χ2n) is 4.21. The fraction of sp³-hybridized carbons (Fsp3) is 0.545. The van der Waals surface area contributed by atoms with Crippen molar-refractivity contribution in [3.8, 4) is 0 Å². The zero-order valence-electron chi connectivity index (χ0n) is 11.7. The van der Waals surface area contributed by atoms with Crippen LogP contribution in [0.25, 0.3) is 0 Å². The number of amides is 3. The Morgan fingerprint density at radius 1 is 1.05 bits per heavy atom. The molecular formula is C11H17N3O7S. The van der Waals surface area contributed by atoms with Crippen molar-refractivity contribution in [1.82, 2.24) is 16.0 Å². The molecule has 0 aliphatic carbocycles. The fourth-order valence-electron chi connectivity index (χ4n) is 1.35. The summed E-state index contributed by atoms with van der Waals surface area (Å²) in [4.78, 5) is 55.4. The Morgan fingerprint density at radius 3 is 2.05 bits per heavy atom. The molecule has 0 aromatic rings. The van der Waals surface area contributed by atoms with Crippen LogP contribution in [-0.2, 0) is 24.0 Å². The van der Waals surface area contributed by atoms with Crippen LogP contribution in [0.5, 0.6) is 0 Å². The molecule has 2 atom stereocenters. The topological polar surface area (TPSA) is 162 Å². The summed E-state index contributed by atoms with van der Waals surface area (Å²) in [6.45, 7) is 0.547. The summed E-state index contributed by atoms with van der Waals surface area (Å²) >= 11 is 3.75. The molecule has 0 aromatic carbocycles. The molecule has 3 amide bonds. The summed E-state index contributed by atoms with van der Waals surface area (Å²) in [5, 5.41) is 23.7. The highest BCUT2D eigenvalue weighted by Gasteiger charge is 2.24. The van der Waals surface area contributed by atoms with Crippen molar-refractivity contribution in [3.63, 3.8) is 0 Å². The zero-order valence-corrected chi connectivity index (χ0v) is 12.6. The first-order valence-electron chi connectivity index (χ1n) is 6.07. The lowest BCUT2D eigenvalue weighted by molar-refractivity contribution is -0.142. The minimum absolute atomic E-state index is 0.136. The lowest BCUT2D eigenvalue weighted by Gasteiger charge is -2.16. The summed E-state index contributed by atoms with van der Waals surface area (Å²) in [5.41, 5.74) is 0. The van der Waals surface area contributed by atoms with E-state index in [0.717, 1.165) is 6.92 Å². The van der Waals surface area contributed by atoms with E-state index in [4.69, 9.17) is 10.2 Å². The number of carbonyl (C=O) groups excluding carboxylic acids is 3. The predicted octanol–water partition coefficient (Wildman–Crippen LogP) is -2.42. The smallest absolute Gasteiger partial charge is 0.327 e. The molecule has 5 N–H and O–H groups in total. The Labute approximate surface area is 131 Å². The minimum Gasteiger partial charge on any atom is -0.481 e. The number of aliphatic carboxylic acids is 2. The van der Waals surface area contributed by atoms with Crippen LogP contribution in [-0.4, -0.2) is 64.3 Å². The number of carboxylic acid groups (broad SMARTS) is 2. The predicted molar refractivity (Wildman–Crippen MR) is 76.3 cm³/mol. The van der Waals surface area contributed by atoms with E-state index >= 15 is 0 Å². The van der Waals surface area contributed by atoms with Gasteiger partial charge >= 0.3 is 11.9 Å². The van der Waals surface area contributed by atoms with Gasteiger partial charge in [-0.2, -0.15) is 12.6 Å². The number of hydrogen-bond acceptors (Lipinski definition) is 6. The first-order chi connectivity index (χ1) is 10.2. The number of carbonyl (C=O) groups is 5. The van der Waals surface area contributed by atoms with Gasteiger partial charge in [0.15, 0.2) is 0 Å². The molecule has 0 rings (SSSR count). The molecule has 0 aliphatic rings. The molecule has 0 bridgehead atoms. The van der Waals surface area contributed by atoms with Crippen molar-refractivity contribution in [2.75, 3.05) is 12.3 Å². The van der Waals surface area contributed by atoms with Crippen LogP contribution >= 0.6 is 12.6 Å². The minimum atomic E-state index is -1.33. The van der Waals surface area contributed by atoms with Gasteiger partial charge in [-0.15, -0.1) is 0 Å². The van der Waals surface area contributed by atoms with Crippen LogP contribution in [0.4, 0.5) is 0 Å². The van der Waals surface area contributed by atoms with Crippen molar-refractivity contribution in [2.24, 2.45) is 0 Å². The van der Waals surface area contributed by atoms with Crippen molar-refractivity contribution in [1.29, 1.82) is 0 Å². The summed E-state index contributed by atoms with van der Waals surface area (Å²) < 4.78 is 0. The molecule has 22 heavy (non-hydrogen) atoms. The summed E-state index contributed by atoms with van der Waals surface area (Å²) in [6.07, 6.45) is -0.651. The van der Waals surface area contributed by atoms with E-state index in [1.165, 1.54) is 0 Å². The first-order valence-corrected chi connectivity index (χ1v) is 6.70. The Balaban J connectivity index is 4.48. The van der Waals surface area contributed by atoms with Crippen molar-refractivity contribution >= 4 is 42.3 Å². The Kier molecular flexibility index (Phi) is 8.60. The average molecular weight is 335 g/mol. The summed E-state index contributed by atoms with van der Waals surface area (Å²) in [6, 6.07) is -2.54. The van der Waals surface area contributed by atoms with E-state index in [0.29, 0.717) is 0 Å². The van der Waals surface area contributed by atoms with Crippen molar-refractivity contribution in [2.45, 2.75) is 25.4 Å². The van der Waals surface area contributed by atoms with E-state index < -0.39 is 54.7 Å². The fourth-order valence-corrected chi connectivity index (χ4v) is 1.60. The molecule has 0 unspecified atom stereocenters. The van der Waals surface area contributed by atoms with Gasteiger partial charge in [0.25, 0.3) is 0 Å². The Hall–Kier alpha value is -2.30. The monoisotopic (exact) mass is 335 g/mol. The van der Waals surface area contributed by atoms with Gasteiger partial charge in [-0.05, 0) is 0 Å². The van der Waals surface area contributed by atoms with Gasteiger partial charge in [0.2, 0.25) is 17.7 Å². The highest BCUT2D eigenvalue weighted by atomic mass is 32.1. The van der Waals surface area contributed by atoms with Crippen molar-refractivity contribution in [3.05, 3.63) is 0 Å². The highest BCUT2D eigenvalue weighted by Crippen LogP contribution is 1.93. The van der Waals surface area contributed by atoms with E-state index in [2.05, 4.69) is 28.6 Å². The number of hydrogen-bond donors (Lipinski definition) is 6. The third kappa shape index (κ3) is 8.09. The van der Waals surface area contributed by atoms with E-state index in [1.54, 1.807) is 0 Å². The maximum Gasteiger partial charge on any atom is 0.327 e. The van der Waals surface area contributed by atoms with Crippen molar-refractivity contribution < 1.29 is 34.2 Å². The van der Waals surface area contributed by atoms with E-state index in [9.17, 15) is 24.0 Å². The van der Waals surface area contributed by atoms with Gasteiger partial charge in [0, 0.05) is 12.7 Å². The van der Waals surface area contributed by atoms with Gasteiger partial charge in [0.1, 0.15) is 12.1 Å². The molecule has 0 spiro atoms. The van der Waals surface area contributed by atoms with Crippen LogP contribution < -0.4 is 16.0 Å². The molecule has 0 fully saturated rings. The SMILES string of the molecule is CC(=O)N[C@@H](CC(=O)O)C(=O)NCC(=O)N[C@@H](CS)C(=O)O. The Morgan fingerprint density at radius 2 is 1.64 bits per heavy atom. The quantitative estimate of drug-likeness (QED) is 0.255. The number of nitrogens with one attached hydrogen (secondary N) is 3. The molecule has 10 nitrogen and oxygen atoms in total. The van der Waals surface area contributed by atoms with Gasteiger partial charge in [0.05, 0.1) is 13.0 Å². The second-order valence-corrected chi connectivity index (χ2v) is 4.57. The van der Waals surface area contributed by atoms with Crippen LogP contribution in [0.15, 0.2) is 0 Å². The third-order valence-corrected chi connectivity index (χ3v) is 2.68. The molecular weight excluding hydrogens is 318 g/mol. The molecule has 0 radical (unpaired) electrons. The van der Waals surface area contributed by atoms with E-state index in [1.807, 2.05) is 0 Å². The highest BCUT2D eigenvalue weighted by molar-refractivity contribution is 7.80. The molecule has 0 heterocycles. The largest absolute Gasteiger partial charge is 0.481 e. The normalized spacial score (nSPS) is 12.6. The van der Waals surface area contributed by atoms with E-state index in [-0.39, 0.29) is 5.75 Å². The molecule has 0 aliphatic heterocycles. The number of rotatable bonds is 9. The Bertz CT molecular complexity index is 453. The van der Waals surface area contributed by atoms with Crippen LogP contribution in [0, 0.1) is 0 Å². The van der Waals surface area contributed by atoms with Crippen LogP contribution in [0.2, 0.25) is 0 Å². The molecule has 124 valence electrons. The van der Waals surface area contributed by atoms with Crippen LogP contribution in [0.3, 0.4) is 0 Å². The second kappa shape index (κ2) is 9.60. The molecule has 0 saturated carbocycles.